The Balaban J connectivity index is 1.78. The molecule has 9 heteroatoms. The van der Waals surface area contributed by atoms with Crippen LogP contribution in [0, 0.1) is 11.8 Å². The highest BCUT2D eigenvalue weighted by atomic mass is 19.1. The van der Waals surface area contributed by atoms with Gasteiger partial charge in [-0.1, -0.05) is 13.8 Å². The molecule has 1 aliphatic carbocycles. The van der Waals surface area contributed by atoms with Crippen LogP contribution in [0.3, 0.4) is 0 Å². The monoisotopic (exact) mass is 451 g/mol. The van der Waals surface area contributed by atoms with Gasteiger partial charge in [0, 0.05) is 20.2 Å². The van der Waals surface area contributed by atoms with Crippen LogP contribution in [0.5, 0.6) is 5.88 Å². The van der Waals surface area contributed by atoms with Crippen molar-refractivity contribution in [3.63, 3.8) is 0 Å². The molecule has 1 aromatic rings. The molecule has 1 amide bonds. The Hall–Kier alpha value is -2.42. The SMILES string of the molecule is CCOC(=O)C(CC)(CC)NC(=O)c1ccc(N2CC(OC)C2)c(OC[C@@H]2C[C@@H]2CF)n1. The Morgan fingerprint density at radius 3 is 2.50 bits per heavy atom. The second-order valence-electron chi connectivity index (χ2n) is 8.47. The number of esters is 1. The summed E-state index contributed by atoms with van der Waals surface area (Å²) in [6.45, 7) is 7.05. The first-order chi connectivity index (χ1) is 15.4. The number of pyridine rings is 1. The van der Waals surface area contributed by atoms with Crippen LogP contribution in [0.15, 0.2) is 12.1 Å². The number of hydrogen-bond donors (Lipinski definition) is 1. The van der Waals surface area contributed by atoms with E-state index in [0.29, 0.717) is 38.4 Å². The maximum Gasteiger partial charge on any atom is 0.331 e. The second kappa shape index (κ2) is 10.5. The number of carbonyl (C=O) groups is 2. The molecule has 0 radical (unpaired) electrons. The molecule has 8 nitrogen and oxygen atoms in total. The fourth-order valence-electron chi connectivity index (χ4n) is 3.90. The first-order valence-electron chi connectivity index (χ1n) is 11.4. The largest absolute Gasteiger partial charge is 0.476 e. The number of hydrogen-bond acceptors (Lipinski definition) is 7. The van der Waals surface area contributed by atoms with Gasteiger partial charge in [0.2, 0.25) is 5.88 Å². The summed E-state index contributed by atoms with van der Waals surface area (Å²) in [5.74, 6) is -0.363. The number of carbonyl (C=O) groups excluding carboxylic acids is 2. The molecule has 1 N–H and O–H groups in total. The minimum Gasteiger partial charge on any atom is -0.476 e. The second-order valence-corrected chi connectivity index (χ2v) is 8.47. The third kappa shape index (κ3) is 5.14. The smallest absolute Gasteiger partial charge is 0.331 e. The molecule has 3 rings (SSSR count). The molecule has 0 spiro atoms. The summed E-state index contributed by atoms with van der Waals surface area (Å²) < 4.78 is 29.3. The van der Waals surface area contributed by atoms with E-state index in [2.05, 4.69) is 15.2 Å². The summed E-state index contributed by atoms with van der Waals surface area (Å²) in [5, 5.41) is 2.83. The van der Waals surface area contributed by atoms with Gasteiger partial charge < -0.3 is 24.4 Å². The van der Waals surface area contributed by atoms with E-state index in [9.17, 15) is 14.0 Å². The lowest BCUT2D eigenvalue weighted by Crippen LogP contribution is -2.54. The van der Waals surface area contributed by atoms with Gasteiger partial charge >= 0.3 is 5.97 Å². The van der Waals surface area contributed by atoms with Crippen molar-refractivity contribution in [1.82, 2.24) is 10.3 Å². The molecule has 2 fully saturated rings. The summed E-state index contributed by atoms with van der Waals surface area (Å²) in [7, 11) is 1.67. The van der Waals surface area contributed by atoms with Gasteiger partial charge in [0.1, 0.15) is 16.9 Å². The number of amides is 1. The maximum absolute atomic E-state index is 13.0. The van der Waals surface area contributed by atoms with E-state index in [1.165, 1.54) is 0 Å². The Morgan fingerprint density at radius 1 is 1.22 bits per heavy atom. The van der Waals surface area contributed by atoms with Crippen LogP contribution >= 0.6 is 0 Å². The average molecular weight is 452 g/mol. The molecule has 0 unspecified atom stereocenters. The van der Waals surface area contributed by atoms with Gasteiger partial charge in [-0.2, -0.15) is 0 Å². The average Bonchev–Trinajstić information content (AvgIpc) is 3.54. The van der Waals surface area contributed by atoms with Crippen molar-refractivity contribution < 1.29 is 28.2 Å². The van der Waals surface area contributed by atoms with E-state index in [1.54, 1.807) is 26.2 Å². The molecule has 32 heavy (non-hydrogen) atoms. The van der Waals surface area contributed by atoms with Gasteiger partial charge in [0.05, 0.1) is 26.0 Å². The van der Waals surface area contributed by atoms with Crippen molar-refractivity contribution in [3.8, 4) is 5.88 Å². The highest BCUT2D eigenvalue weighted by Gasteiger charge is 2.40. The van der Waals surface area contributed by atoms with E-state index < -0.39 is 17.4 Å². The molecule has 2 heterocycles. The number of aromatic nitrogens is 1. The summed E-state index contributed by atoms with van der Waals surface area (Å²) in [6, 6.07) is 3.42. The summed E-state index contributed by atoms with van der Waals surface area (Å²) in [6.07, 6.45) is 1.74. The predicted molar refractivity (Wildman–Crippen MR) is 118 cm³/mol. The molecular weight excluding hydrogens is 417 g/mol. The first kappa shape index (κ1) is 24.2. The van der Waals surface area contributed by atoms with Crippen LogP contribution in [0.4, 0.5) is 10.1 Å². The van der Waals surface area contributed by atoms with Gasteiger partial charge in [0.25, 0.3) is 5.91 Å². The molecule has 178 valence electrons. The topological polar surface area (TPSA) is 90.0 Å². The number of ether oxygens (including phenoxy) is 3. The molecule has 1 saturated carbocycles. The van der Waals surface area contributed by atoms with Crippen LogP contribution in [0.25, 0.3) is 0 Å². The van der Waals surface area contributed by atoms with Gasteiger partial charge in [-0.3, -0.25) is 9.18 Å². The first-order valence-corrected chi connectivity index (χ1v) is 11.4. The number of methoxy groups -OCH3 is 1. The van der Waals surface area contributed by atoms with E-state index >= 15 is 0 Å². The van der Waals surface area contributed by atoms with E-state index in [4.69, 9.17) is 14.2 Å². The van der Waals surface area contributed by atoms with Crippen LogP contribution in [-0.2, 0) is 14.3 Å². The fourth-order valence-corrected chi connectivity index (χ4v) is 3.90. The van der Waals surface area contributed by atoms with Crippen molar-refractivity contribution >= 4 is 17.6 Å². The van der Waals surface area contributed by atoms with Gasteiger partial charge in [-0.15, -0.1) is 0 Å². The van der Waals surface area contributed by atoms with Crippen molar-refractivity contribution in [2.75, 3.05) is 45.0 Å². The highest BCUT2D eigenvalue weighted by Crippen LogP contribution is 2.40. The molecule has 1 aromatic heterocycles. The Morgan fingerprint density at radius 2 is 1.94 bits per heavy atom. The van der Waals surface area contributed by atoms with Crippen molar-refractivity contribution in [2.45, 2.75) is 51.7 Å². The van der Waals surface area contributed by atoms with Gasteiger partial charge in [-0.05, 0) is 50.2 Å². The molecule has 1 aliphatic heterocycles. The summed E-state index contributed by atoms with van der Waals surface area (Å²) in [5.41, 5.74) is -0.184. The van der Waals surface area contributed by atoms with Crippen LogP contribution in [-0.4, -0.2) is 68.6 Å². The van der Waals surface area contributed by atoms with Crippen LogP contribution in [0.1, 0.15) is 50.5 Å². The number of rotatable bonds is 12. The molecule has 0 bridgehead atoms. The normalized spacial score (nSPS) is 20.5. The summed E-state index contributed by atoms with van der Waals surface area (Å²) >= 11 is 0. The van der Waals surface area contributed by atoms with Gasteiger partial charge in [0.15, 0.2) is 0 Å². The number of nitrogens with zero attached hydrogens (tertiary/aromatic N) is 2. The molecule has 1 saturated heterocycles. The Kier molecular flexibility index (Phi) is 7.92. The molecule has 2 aliphatic rings. The number of alkyl halides is 1. The summed E-state index contributed by atoms with van der Waals surface area (Å²) in [4.78, 5) is 32.1. The maximum atomic E-state index is 13.0. The number of halogens is 1. The minimum atomic E-state index is -1.11. The third-order valence-corrected chi connectivity index (χ3v) is 6.52. The van der Waals surface area contributed by atoms with Crippen molar-refractivity contribution in [2.24, 2.45) is 11.8 Å². The van der Waals surface area contributed by atoms with Crippen molar-refractivity contribution in [1.29, 1.82) is 0 Å². The molecule has 0 aromatic carbocycles. The minimum absolute atomic E-state index is 0.0473. The van der Waals surface area contributed by atoms with E-state index in [-0.39, 0.29) is 36.9 Å². The zero-order valence-electron chi connectivity index (χ0n) is 19.4. The van der Waals surface area contributed by atoms with E-state index in [0.717, 1.165) is 12.1 Å². The van der Waals surface area contributed by atoms with Gasteiger partial charge in [-0.25, -0.2) is 9.78 Å². The molecule has 2 atom stereocenters. The predicted octanol–water partition coefficient (Wildman–Crippen LogP) is 2.75. The zero-order valence-corrected chi connectivity index (χ0v) is 19.4. The lowest BCUT2D eigenvalue weighted by Gasteiger charge is -2.40. The highest BCUT2D eigenvalue weighted by molar-refractivity contribution is 5.97. The van der Waals surface area contributed by atoms with Crippen LogP contribution < -0.4 is 15.0 Å². The number of anilines is 1. The fraction of sp³-hybridized carbons (Fsp3) is 0.696. The Labute approximate surface area is 188 Å². The molecular formula is C23H34FN3O5. The third-order valence-electron chi connectivity index (χ3n) is 6.52. The van der Waals surface area contributed by atoms with Crippen molar-refractivity contribution in [3.05, 3.63) is 17.8 Å². The van der Waals surface area contributed by atoms with Crippen LogP contribution in [0.2, 0.25) is 0 Å². The van der Waals surface area contributed by atoms with E-state index in [1.807, 2.05) is 13.8 Å². The zero-order chi connectivity index (χ0) is 23.3. The quantitative estimate of drug-likeness (QED) is 0.489. The Bertz CT molecular complexity index is 811. The standard InChI is InChI=1S/C23H34FN3O5/c1-5-23(6-2,22(29)31-7-3)26-20(28)18-8-9-19(27-12-17(13-27)30-4)21(25-18)32-14-16-10-15(16)11-24/h8-9,15-17H,5-7,10-14H2,1-4H3,(H,26,28)/t15-,16+/m1/s1. The number of nitrogens with one attached hydrogen (secondary N) is 1. The lowest BCUT2D eigenvalue weighted by atomic mass is 9.92. The lowest BCUT2D eigenvalue weighted by molar-refractivity contribution is -0.151.